The maximum absolute atomic E-state index is 6.10. The number of benzene rings is 1. The second kappa shape index (κ2) is 5.35. The quantitative estimate of drug-likeness (QED) is 0.789. The molecule has 4 nitrogen and oxygen atoms in total. The highest BCUT2D eigenvalue weighted by atomic mass is 16.3. The van der Waals surface area contributed by atoms with Crippen molar-refractivity contribution in [1.82, 2.24) is 9.88 Å². The number of fused-ring (bicyclic) bond motifs is 1. The summed E-state index contributed by atoms with van der Waals surface area (Å²) in [5, 5.41) is 1.01. The van der Waals surface area contributed by atoms with Crippen molar-refractivity contribution in [3.63, 3.8) is 0 Å². The number of para-hydroxylation sites is 1. The smallest absolute Gasteiger partial charge is 0.0947 e. The first kappa shape index (κ1) is 12.7. The summed E-state index contributed by atoms with van der Waals surface area (Å²) in [5.41, 5.74) is 9.95. The Labute approximate surface area is 117 Å². The van der Waals surface area contributed by atoms with Crippen molar-refractivity contribution < 1.29 is 4.42 Å². The van der Waals surface area contributed by atoms with Crippen LogP contribution >= 0.6 is 0 Å². The van der Waals surface area contributed by atoms with E-state index in [1.54, 1.807) is 12.5 Å². The molecule has 3 rings (SSSR count). The number of anilines is 1. The summed E-state index contributed by atoms with van der Waals surface area (Å²) in [4.78, 5) is 6.84. The highest BCUT2D eigenvalue weighted by Gasteiger charge is 2.07. The monoisotopic (exact) mass is 267 g/mol. The highest BCUT2D eigenvalue weighted by molar-refractivity contribution is 5.90. The molecule has 0 amide bonds. The van der Waals surface area contributed by atoms with Crippen LogP contribution in [0.5, 0.6) is 0 Å². The Kier molecular flexibility index (Phi) is 3.39. The fourth-order valence-electron chi connectivity index (χ4n) is 2.37. The van der Waals surface area contributed by atoms with Gasteiger partial charge in [0.25, 0.3) is 0 Å². The Hall–Kier alpha value is -2.33. The van der Waals surface area contributed by atoms with Crippen LogP contribution in [0, 0.1) is 0 Å². The molecule has 0 bridgehead atoms. The zero-order valence-electron chi connectivity index (χ0n) is 11.4. The van der Waals surface area contributed by atoms with E-state index in [2.05, 4.69) is 16.9 Å². The Morgan fingerprint density at radius 1 is 1.20 bits per heavy atom. The van der Waals surface area contributed by atoms with Gasteiger partial charge in [-0.05, 0) is 25.2 Å². The third kappa shape index (κ3) is 2.65. The zero-order valence-corrected chi connectivity index (χ0v) is 11.4. The van der Waals surface area contributed by atoms with Crippen LogP contribution in [0.4, 0.5) is 5.69 Å². The molecule has 4 heteroatoms. The summed E-state index contributed by atoms with van der Waals surface area (Å²) in [5.74, 6) is 0. The van der Waals surface area contributed by atoms with Crippen molar-refractivity contribution in [3.8, 4) is 0 Å². The number of nitrogens with two attached hydrogens (primary N) is 1. The first-order valence-corrected chi connectivity index (χ1v) is 6.56. The van der Waals surface area contributed by atoms with Crippen LogP contribution in [0.3, 0.4) is 0 Å². The first-order chi connectivity index (χ1) is 9.72. The predicted octanol–water partition coefficient (Wildman–Crippen LogP) is 3.04. The van der Waals surface area contributed by atoms with E-state index in [1.807, 2.05) is 36.4 Å². The van der Waals surface area contributed by atoms with Crippen molar-refractivity contribution in [3.05, 3.63) is 60.2 Å². The molecule has 2 heterocycles. The summed E-state index contributed by atoms with van der Waals surface area (Å²) in [7, 11) is 2.06. The third-order valence-electron chi connectivity index (χ3n) is 3.27. The van der Waals surface area contributed by atoms with Crippen molar-refractivity contribution in [2.45, 2.75) is 13.1 Å². The molecular formula is C16H17N3O. The fraction of sp³-hybridized carbons (Fsp3) is 0.188. The van der Waals surface area contributed by atoms with Crippen LogP contribution in [0.15, 0.2) is 53.3 Å². The molecule has 3 aromatic rings. The Balaban J connectivity index is 1.80. The van der Waals surface area contributed by atoms with Crippen LogP contribution in [-0.4, -0.2) is 16.9 Å². The van der Waals surface area contributed by atoms with Crippen LogP contribution in [0.25, 0.3) is 10.9 Å². The van der Waals surface area contributed by atoms with Gasteiger partial charge in [0, 0.05) is 29.7 Å². The molecule has 0 spiro atoms. The van der Waals surface area contributed by atoms with E-state index < -0.39 is 0 Å². The summed E-state index contributed by atoms with van der Waals surface area (Å²) >= 11 is 0. The largest absolute Gasteiger partial charge is 0.472 e. The number of hydrogen-bond donors (Lipinski definition) is 1. The average Bonchev–Trinajstić information content (AvgIpc) is 2.91. The van der Waals surface area contributed by atoms with Gasteiger partial charge >= 0.3 is 0 Å². The van der Waals surface area contributed by atoms with Gasteiger partial charge in [-0.15, -0.1) is 0 Å². The molecule has 102 valence electrons. The zero-order chi connectivity index (χ0) is 13.9. The van der Waals surface area contributed by atoms with Gasteiger partial charge in [0.05, 0.1) is 23.7 Å². The van der Waals surface area contributed by atoms with Crippen molar-refractivity contribution in [2.24, 2.45) is 0 Å². The Morgan fingerprint density at radius 2 is 2.05 bits per heavy atom. The lowest BCUT2D eigenvalue weighted by molar-refractivity contribution is 0.314. The summed E-state index contributed by atoms with van der Waals surface area (Å²) < 4.78 is 5.08. The van der Waals surface area contributed by atoms with Gasteiger partial charge in [0.15, 0.2) is 0 Å². The molecule has 20 heavy (non-hydrogen) atoms. The van der Waals surface area contributed by atoms with Gasteiger partial charge in [-0.2, -0.15) is 0 Å². The van der Waals surface area contributed by atoms with E-state index in [9.17, 15) is 0 Å². The summed E-state index contributed by atoms with van der Waals surface area (Å²) in [6, 6.07) is 11.9. The number of nitrogens with zero attached hydrogens (tertiary/aromatic N) is 2. The molecule has 0 unspecified atom stereocenters. The molecule has 0 aliphatic rings. The molecular weight excluding hydrogens is 250 g/mol. The average molecular weight is 267 g/mol. The van der Waals surface area contributed by atoms with Crippen molar-refractivity contribution in [1.29, 1.82) is 0 Å². The van der Waals surface area contributed by atoms with Crippen molar-refractivity contribution in [2.75, 3.05) is 12.8 Å². The maximum Gasteiger partial charge on any atom is 0.0947 e. The van der Waals surface area contributed by atoms with Gasteiger partial charge in [-0.1, -0.05) is 18.2 Å². The van der Waals surface area contributed by atoms with Gasteiger partial charge in [-0.25, -0.2) is 0 Å². The number of furan rings is 1. The molecule has 0 atom stereocenters. The van der Waals surface area contributed by atoms with Crippen molar-refractivity contribution >= 4 is 16.6 Å². The second-order valence-electron chi connectivity index (χ2n) is 5.02. The van der Waals surface area contributed by atoms with Crippen LogP contribution in [0.2, 0.25) is 0 Å². The number of nitrogen functional groups attached to an aromatic ring is 1. The lowest BCUT2D eigenvalue weighted by Crippen LogP contribution is -2.17. The molecule has 0 fully saturated rings. The highest BCUT2D eigenvalue weighted by Crippen LogP contribution is 2.20. The van der Waals surface area contributed by atoms with E-state index in [0.717, 1.165) is 40.9 Å². The molecule has 0 aliphatic carbocycles. The normalized spacial score (nSPS) is 11.3. The number of pyridine rings is 1. The molecule has 0 radical (unpaired) electrons. The summed E-state index contributed by atoms with van der Waals surface area (Å²) in [6.07, 6.45) is 3.45. The minimum atomic E-state index is 0.750. The molecule has 0 saturated carbocycles. The van der Waals surface area contributed by atoms with Crippen LogP contribution < -0.4 is 5.73 Å². The SMILES string of the molecule is CN(Cc1ccoc1)Cc1cc(N)c2ccccc2n1. The van der Waals surface area contributed by atoms with Crippen LogP contribution in [0.1, 0.15) is 11.3 Å². The van der Waals surface area contributed by atoms with E-state index >= 15 is 0 Å². The van der Waals surface area contributed by atoms with Gasteiger partial charge in [0.1, 0.15) is 0 Å². The number of rotatable bonds is 4. The lowest BCUT2D eigenvalue weighted by atomic mass is 10.1. The standard InChI is InChI=1S/C16H17N3O/c1-19(9-12-6-7-20-11-12)10-13-8-15(17)14-4-2-3-5-16(14)18-13/h2-8,11H,9-10H2,1H3,(H2,17,18). The first-order valence-electron chi connectivity index (χ1n) is 6.56. The molecule has 2 aromatic heterocycles. The molecule has 2 N–H and O–H groups in total. The topological polar surface area (TPSA) is 55.3 Å². The van der Waals surface area contributed by atoms with Crippen LogP contribution in [-0.2, 0) is 13.1 Å². The van der Waals surface area contributed by atoms with E-state index in [4.69, 9.17) is 10.2 Å². The summed E-state index contributed by atoms with van der Waals surface area (Å²) in [6.45, 7) is 1.57. The van der Waals surface area contributed by atoms with Gasteiger partial charge in [0.2, 0.25) is 0 Å². The predicted molar refractivity (Wildman–Crippen MR) is 80.0 cm³/mol. The molecule has 0 aliphatic heterocycles. The minimum absolute atomic E-state index is 0.750. The number of aromatic nitrogens is 1. The van der Waals surface area contributed by atoms with E-state index in [0.29, 0.717) is 0 Å². The van der Waals surface area contributed by atoms with E-state index in [1.165, 1.54) is 0 Å². The Morgan fingerprint density at radius 3 is 2.85 bits per heavy atom. The number of hydrogen-bond acceptors (Lipinski definition) is 4. The maximum atomic E-state index is 6.10. The second-order valence-corrected chi connectivity index (χ2v) is 5.02. The minimum Gasteiger partial charge on any atom is -0.472 e. The lowest BCUT2D eigenvalue weighted by Gasteiger charge is -2.16. The Bertz CT molecular complexity index is 707. The van der Waals surface area contributed by atoms with Gasteiger partial charge < -0.3 is 10.2 Å². The molecule has 1 aromatic carbocycles. The van der Waals surface area contributed by atoms with Gasteiger partial charge in [-0.3, -0.25) is 9.88 Å². The molecule has 0 saturated heterocycles. The third-order valence-corrected chi connectivity index (χ3v) is 3.27. The van der Waals surface area contributed by atoms with E-state index in [-0.39, 0.29) is 0 Å². The fourth-order valence-corrected chi connectivity index (χ4v) is 2.37.